The molecular formula is C21H28N2O2S. The van der Waals surface area contributed by atoms with Crippen LogP contribution in [0.4, 0.5) is 11.4 Å². The number of amides is 1. The summed E-state index contributed by atoms with van der Waals surface area (Å²) < 4.78 is 14.7. The van der Waals surface area contributed by atoms with Gasteiger partial charge in [-0.3, -0.25) is 4.79 Å². The Morgan fingerprint density at radius 2 is 1.54 bits per heavy atom. The molecule has 0 saturated heterocycles. The van der Waals surface area contributed by atoms with E-state index in [9.17, 15) is 9.00 Å². The Morgan fingerprint density at radius 3 is 2.08 bits per heavy atom. The fourth-order valence-corrected chi connectivity index (χ4v) is 2.95. The van der Waals surface area contributed by atoms with Crippen LogP contribution in [-0.2, 0) is 17.4 Å². The molecule has 0 aliphatic rings. The van der Waals surface area contributed by atoms with Crippen molar-refractivity contribution in [3.63, 3.8) is 0 Å². The quantitative estimate of drug-likeness (QED) is 0.705. The minimum absolute atomic E-state index is 0.158. The zero-order chi connectivity index (χ0) is 19.2. The van der Waals surface area contributed by atoms with Crippen molar-refractivity contribution in [2.45, 2.75) is 51.7 Å². The minimum Gasteiger partial charge on any atom is -0.322 e. The summed E-state index contributed by atoms with van der Waals surface area (Å²) in [4.78, 5) is 12.4. The normalized spacial score (nSPS) is 12.5. The predicted molar refractivity (Wildman–Crippen MR) is 111 cm³/mol. The third kappa shape index (κ3) is 5.99. The Hall–Kier alpha value is -2.14. The SMILES string of the molecule is CCCCc1ccc(NC(=O)c2ccc(NS(=O)C(C)(C)C)cc2)cc1. The highest BCUT2D eigenvalue weighted by Crippen LogP contribution is 2.18. The van der Waals surface area contributed by atoms with E-state index in [2.05, 4.69) is 29.1 Å². The van der Waals surface area contributed by atoms with Crippen LogP contribution in [0.3, 0.4) is 0 Å². The lowest BCUT2D eigenvalue weighted by Gasteiger charge is -2.18. The van der Waals surface area contributed by atoms with E-state index in [0.717, 1.165) is 17.8 Å². The van der Waals surface area contributed by atoms with E-state index in [4.69, 9.17) is 0 Å². The topological polar surface area (TPSA) is 58.2 Å². The van der Waals surface area contributed by atoms with Gasteiger partial charge in [0.1, 0.15) is 11.0 Å². The molecule has 0 radical (unpaired) electrons. The number of nitrogens with one attached hydrogen (secondary N) is 2. The average Bonchev–Trinajstić information content (AvgIpc) is 2.61. The van der Waals surface area contributed by atoms with Crippen molar-refractivity contribution < 1.29 is 9.00 Å². The molecule has 0 fully saturated rings. The van der Waals surface area contributed by atoms with Gasteiger partial charge in [-0.25, -0.2) is 4.21 Å². The number of carbonyl (C=O) groups is 1. The summed E-state index contributed by atoms with van der Waals surface area (Å²) in [7, 11) is -1.19. The van der Waals surface area contributed by atoms with Gasteiger partial charge >= 0.3 is 0 Å². The molecule has 2 rings (SSSR count). The summed E-state index contributed by atoms with van der Waals surface area (Å²) >= 11 is 0. The predicted octanol–water partition coefficient (Wildman–Crippen LogP) is 5.16. The number of anilines is 2. The first-order valence-corrected chi connectivity index (χ1v) is 10.1. The van der Waals surface area contributed by atoms with Gasteiger partial charge in [-0.05, 0) is 75.6 Å². The Labute approximate surface area is 159 Å². The molecule has 0 aromatic heterocycles. The third-order valence-electron chi connectivity index (χ3n) is 3.94. The number of hydrogen-bond donors (Lipinski definition) is 2. The highest BCUT2D eigenvalue weighted by Gasteiger charge is 2.19. The molecule has 2 N–H and O–H groups in total. The molecule has 1 amide bonds. The maximum atomic E-state index is 12.4. The van der Waals surface area contributed by atoms with Gasteiger partial charge in [0.15, 0.2) is 0 Å². The van der Waals surface area contributed by atoms with Crippen LogP contribution in [0, 0.1) is 0 Å². The minimum atomic E-state index is -1.19. The Balaban J connectivity index is 1.96. The molecule has 0 aliphatic carbocycles. The standard InChI is InChI=1S/C21H28N2O2S/c1-5-6-7-16-8-12-18(13-9-16)22-20(24)17-10-14-19(15-11-17)23-26(25)21(2,3)4/h8-15,23H,5-7H2,1-4H3,(H,22,24). The van der Waals surface area contributed by atoms with Crippen LogP contribution in [0.25, 0.3) is 0 Å². The zero-order valence-corrected chi connectivity index (χ0v) is 16.8. The summed E-state index contributed by atoms with van der Waals surface area (Å²) in [6.45, 7) is 7.90. The summed E-state index contributed by atoms with van der Waals surface area (Å²) in [6.07, 6.45) is 3.41. The van der Waals surface area contributed by atoms with Gasteiger partial charge < -0.3 is 10.0 Å². The molecule has 1 unspecified atom stereocenters. The van der Waals surface area contributed by atoms with Gasteiger partial charge in [0.2, 0.25) is 0 Å². The lowest BCUT2D eigenvalue weighted by atomic mass is 10.1. The van der Waals surface area contributed by atoms with Gasteiger partial charge in [-0.15, -0.1) is 0 Å². The molecule has 2 aromatic rings. The summed E-state index contributed by atoms with van der Waals surface area (Å²) in [5.74, 6) is -0.158. The first-order chi connectivity index (χ1) is 12.3. The molecular weight excluding hydrogens is 344 g/mol. The lowest BCUT2D eigenvalue weighted by Crippen LogP contribution is -2.27. The molecule has 26 heavy (non-hydrogen) atoms. The van der Waals surface area contributed by atoms with E-state index >= 15 is 0 Å². The highest BCUT2D eigenvalue weighted by atomic mass is 32.2. The number of rotatable bonds is 7. The molecule has 0 heterocycles. The molecule has 0 bridgehead atoms. The zero-order valence-electron chi connectivity index (χ0n) is 16.0. The Kier molecular flexibility index (Phi) is 6.98. The van der Waals surface area contributed by atoms with Crippen LogP contribution < -0.4 is 10.0 Å². The van der Waals surface area contributed by atoms with Gasteiger partial charge in [0, 0.05) is 16.9 Å². The molecule has 1 atom stereocenters. The van der Waals surface area contributed by atoms with Crippen molar-refractivity contribution in [2.75, 3.05) is 10.0 Å². The maximum absolute atomic E-state index is 12.4. The number of hydrogen-bond acceptors (Lipinski definition) is 2. The highest BCUT2D eigenvalue weighted by molar-refractivity contribution is 7.87. The number of aryl methyl sites for hydroxylation is 1. The van der Waals surface area contributed by atoms with Gasteiger partial charge in [0.25, 0.3) is 5.91 Å². The number of benzene rings is 2. The largest absolute Gasteiger partial charge is 0.322 e. The molecule has 2 aromatic carbocycles. The first-order valence-electron chi connectivity index (χ1n) is 8.98. The molecule has 140 valence electrons. The molecule has 0 saturated carbocycles. The molecule has 4 nitrogen and oxygen atoms in total. The van der Waals surface area contributed by atoms with Crippen LogP contribution in [0.5, 0.6) is 0 Å². The second kappa shape index (κ2) is 8.99. The van der Waals surface area contributed by atoms with Crippen LogP contribution >= 0.6 is 0 Å². The van der Waals surface area contributed by atoms with Crippen LogP contribution in [0.2, 0.25) is 0 Å². The fourth-order valence-electron chi connectivity index (χ4n) is 2.29. The van der Waals surface area contributed by atoms with Gasteiger partial charge in [0.05, 0.1) is 4.75 Å². The number of carbonyl (C=O) groups excluding carboxylic acids is 1. The van der Waals surface area contributed by atoms with E-state index in [1.807, 2.05) is 32.9 Å². The van der Waals surface area contributed by atoms with Crippen molar-refractivity contribution >= 4 is 28.3 Å². The van der Waals surface area contributed by atoms with Crippen LogP contribution in [-0.4, -0.2) is 14.9 Å². The smallest absolute Gasteiger partial charge is 0.255 e. The Morgan fingerprint density at radius 1 is 0.962 bits per heavy atom. The van der Waals surface area contributed by atoms with Crippen LogP contribution in [0.15, 0.2) is 48.5 Å². The Bertz CT molecular complexity index is 747. The lowest BCUT2D eigenvalue weighted by molar-refractivity contribution is 0.102. The summed E-state index contributed by atoms with van der Waals surface area (Å²) in [5, 5.41) is 2.91. The van der Waals surface area contributed by atoms with Crippen molar-refractivity contribution in [3.05, 3.63) is 59.7 Å². The summed E-state index contributed by atoms with van der Waals surface area (Å²) in [6, 6.07) is 15.0. The van der Waals surface area contributed by atoms with E-state index < -0.39 is 11.0 Å². The van der Waals surface area contributed by atoms with Gasteiger partial charge in [-0.1, -0.05) is 25.5 Å². The van der Waals surface area contributed by atoms with Crippen molar-refractivity contribution in [1.82, 2.24) is 0 Å². The van der Waals surface area contributed by atoms with Crippen molar-refractivity contribution in [1.29, 1.82) is 0 Å². The fraction of sp³-hybridized carbons (Fsp3) is 0.381. The van der Waals surface area contributed by atoms with Crippen LogP contribution in [0.1, 0.15) is 56.5 Å². The van der Waals surface area contributed by atoms with E-state index in [1.54, 1.807) is 24.3 Å². The molecule has 0 aliphatic heterocycles. The second-order valence-electron chi connectivity index (χ2n) is 7.32. The van der Waals surface area contributed by atoms with Gasteiger partial charge in [-0.2, -0.15) is 0 Å². The second-order valence-corrected chi connectivity index (χ2v) is 9.28. The van der Waals surface area contributed by atoms with Crippen molar-refractivity contribution in [3.8, 4) is 0 Å². The first kappa shape index (κ1) is 20.2. The molecule has 5 heteroatoms. The van der Waals surface area contributed by atoms with E-state index in [0.29, 0.717) is 5.56 Å². The van der Waals surface area contributed by atoms with Crippen molar-refractivity contribution in [2.24, 2.45) is 0 Å². The maximum Gasteiger partial charge on any atom is 0.255 e. The average molecular weight is 373 g/mol. The van der Waals surface area contributed by atoms with E-state index in [-0.39, 0.29) is 10.7 Å². The molecule has 0 spiro atoms. The van der Waals surface area contributed by atoms with E-state index in [1.165, 1.54) is 18.4 Å². The third-order valence-corrected chi connectivity index (χ3v) is 5.48. The monoisotopic (exact) mass is 372 g/mol. The number of unbranched alkanes of at least 4 members (excludes halogenated alkanes) is 1. The summed E-state index contributed by atoms with van der Waals surface area (Å²) in [5.41, 5.74) is 3.36.